The minimum Gasteiger partial charge on any atom is -0.460 e. The first-order chi connectivity index (χ1) is 21.2. The van der Waals surface area contributed by atoms with Gasteiger partial charge in [0.05, 0.1) is 24.5 Å². The van der Waals surface area contributed by atoms with Gasteiger partial charge in [0.25, 0.3) is 5.91 Å². The van der Waals surface area contributed by atoms with Crippen molar-refractivity contribution in [3.63, 3.8) is 0 Å². The summed E-state index contributed by atoms with van der Waals surface area (Å²) in [5.74, 6) is -3.17. The summed E-state index contributed by atoms with van der Waals surface area (Å²) in [5.41, 5.74) is -0.536. The van der Waals surface area contributed by atoms with Gasteiger partial charge >= 0.3 is 5.97 Å². The average molecular weight is 604 g/mol. The summed E-state index contributed by atoms with van der Waals surface area (Å²) in [6.07, 6.45) is 4.18. The number of ether oxygens (including phenoxy) is 2. The lowest BCUT2D eigenvalue weighted by Crippen LogP contribution is -2.56. The Morgan fingerprint density at radius 3 is 2.70 bits per heavy atom. The zero-order chi connectivity index (χ0) is 31.4. The maximum atomic E-state index is 14.6. The van der Waals surface area contributed by atoms with Gasteiger partial charge in [0.15, 0.2) is 0 Å². The summed E-state index contributed by atoms with van der Waals surface area (Å²) in [6, 6.07) is 12.6. The SMILES string of the molecule is C=CCCC(=O)NC[C@H](C)OC(=O)[C@@H]1[C@@H]2CC[C@]3(O2)[C@H](C(=O)N(CC=C)c2ccc4ccccc4c2)N(CCCO)C(=O)[C@@H]13. The molecule has 0 saturated carbocycles. The quantitative estimate of drug-likeness (QED) is 0.251. The van der Waals surface area contributed by atoms with E-state index < -0.39 is 41.7 Å². The first-order valence-corrected chi connectivity index (χ1v) is 15.3. The molecule has 3 aliphatic heterocycles. The number of esters is 1. The van der Waals surface area contributed by atoms with Gasteiger partial charge < -0.3 is 29.7 Å². The molecule has 5 rings (SSSR count). The Bertz CT molecular complexity index is 1440. The molecule has 0 aliphatic carbocycles. The van der Waals surface area contributed by atoms with Crippen molar-refractivity contribution in [2.45, 2.75) is 62.9 Å². The van der Waals surface area contributed by atoms with Gasteiger partial charge in [-0.2, -0.15) is 0 Å². The molecule has 1 spiro atoms. The lowest BCUT2D eigenvalue weighted by atomic mass is 9.70. The van der Waals surface area contributed by atoms with E-state index in [4.69, 9.17) is 9.47 Å². The minimum atomic E-state index is -1.20. The molecule has 0 radical (unpaired) electrons. The molecule has 2 N–H and O–H groups in total. The van der Waals surface area contributed by atoms with E-state index in [-0.39, 0.29) is 50.4 Å². The van der Waals surface area contributed by atoms with Crippen LogP contribution in [0.25, 0.3) is 10.8 Å². The van der Waals surface area contributed by atoms with Crippen molar-refractivity contribution in [2.75, 3.05) is 31.1 Å². The molecule has 10 heteroatoms. The number of hydrogen-bond donors (Lipinski definition) is 2. The maximum Gasteiger partial charge on any atom is 0.312 e. The Balaban J connectivity index is 1.41. The van der Waals surface area contributed by atoms with Gasteiger partial charge in [-0.15, -0.1) is 13.2 Å². The average Bonchev–Trinajstić information content (AvgIpc) is 3.67. The highest BCUT2D eigenvalue weighted by Gasteiger charge is 2.75. The summed E-state index contributed by atoms with van der Waals surface area (Å²) >= 11 is 0. The molecule has 6 atom stereocenters. The van der Waals surface area contributed by atoms with Crippen molar-refractivity contribution >= 4 is 40.2 Å². The summed E-state index contributed by atoms with van der Waals surface area (Å²) in [5, 5.41) is 14.4. The van der Waals surface area contributed by atoms with Gasteiger partial charge in [0, 0.05) is 31.8 Å². The number of benzene rings is 2. The Labute approximate surface area is 257 Å². The molecule has 10 nitrogen and oxygen atoms in total. The number of rotatable bonds is 14. The normalized spacial score (nSPS) is 25.9. The summed E-state index contributed by atoms with van der Waals surface area (Å²) < 4.78 is 12.2. The van der Waals surface area contributed by atoms with Crippen LogP contribution in [0.5, 0.6) is 0 Å². The Morgan fingerprint density at radius 2 is 1.98 bits per heavy atom. The first kappa shape index (κ1) is 31.4. The van der Waals surface area contributed by atoms with Gasteiger partial charge in [-0.05, 0) is 55.5 Å². The number of nitrogens with one attached hydrogen (secondary N) is 1. The highest BCUT2D eigenvalue weighted by atomic mass is 16.6. The van der Waals surface area contributed by atoms with E-state index >= 15 is 0 Å². The van der Waals surface area contributed by atoms with E-state index in [1.807, 2.05) is 42.5 Å². The zero-order valence-electron chi connectivity index (χ0n) is 25.2. The molecule has 234 valence electrons. The van der Waals surface area contributed by atoms with Crippen LogP contribution in [-0.4, -0.2) is 83.8 Å². The highest BCUT2D eigenvalue weighted by molar-refractivity contribution is 6.05. The first-order valence-electron chi connectivity index (χ1n) is 15.3. The fraction of sp³-hybridized carbons (Fsp3) is 0.471. The molecule has 3 saturated heterocycles. The van der Waals surface area contributed by atoms with E-state index in [1.54, 1.807) is 24.0 Å². The molecule has 2 bridgehead atoms. The van der Waals surface area contributed by atoms with Crippen molar-refractivity contribution in [3.05, 3.63) is 67.8 Å². The minimum absolute atomic E-state index is 0.135. The predicted octanol–water partition coefficient (Wildman–Crippen LogP) is 3.13. The fourth-order valence-electron chi connectivity index (χ4n) is 7.02. The van der Waals surface area contributed by atoms with E-state index in [0.717, 1.165) is 10.8 Å². The predicted molar refractivity (Wildman–Crippen MR) is 166 cm³/mol. The van der Waals surface area contributed by atoms with E-state index in [9.17, 15) is 24.3 Å². The van der Waals surface area contributed by atoms with Crippen LogP contribution in [0.2, 0.25) is 0 Å². The molecule has 3 amide bonds. The van der Waals surface area contributed by atoms with Crippen LogP contribution in [0.4, 0.5) is 5.69 Å². The summed E-state index contributed by atoms with van der Waals surface area (Å²) in [4.78, 5) is 57.4. The third-order valence-corrected chi connectivity index (χ3v) is 8.97. The largest absolute Gasteiger partial charge is 0.460 e. The maximum absolute atomic E-state index is 14.6. The number of likely N-dealkylation sites (tertiary alicyclic amines) is 1. The fourth-order valence-corrected chi connectivity index (χ4v) is 7.02. The van der Waals surface area contributed by atoms with Crippen molar-refractivity contribution < 1.29 is 33.8 Å². The number of fused-ring (bicyclic) bond motifs is 2. The number of allylic oxidation sites excluding steroid dienone is 1. The smallest absolute Gasteiger partial charge is 0.312 e. The van der Waals surface area contributed by atoms with Crippen LogP contribution in [0.15, 0.2) is 67.8 Å². The number of anilines is 1. The molecular formula is C34H41N3O7. The van der Waals surface area contributed by atoms with Crippen LogP contribution in [-0.2, 0) is 28.7 Å². The molecule has 2 aromatic carbocycles. The van der Waals surface area contributed by atoms with Crippen molar-refractivity contribution in [3.8, 4) is 0 Å². The van der Waals surface area contributed by atoms with Gasteiger partial charge in [-0.1, -0.05) is 42.5 Å². The van der Waals surface area contributed by atoms with E-state index in [2.05, 4.69) is 18.5 Å². The lowest BCUT2D eigenvalue weighted by molar-refractivity contribution is -0.159. The van der Waals surface area contributed by atoms with Gasteiger partial charge in [0.1, 0.15) is 17.7 Å². The zero-order valence-corrected chi connectivity index (χ0v) is 25.2. The number of aliphatic hydroxyl groups excluding tert-OH is 1. The topological polar surface area (TPSA) is 125 Å². The Kier molecular flexibility index (Phi) is 9.51. The number of carbonyl (C=O) groups excluding carboxylic acids is 4. The molecule has 2 aromatic rings. The highest BCUT2D eigenvalue weighted by Crippen LogP contribution is 2.59. The third-order valence-electron chi connectivity index (χ3n) is 8.97. The second-order valence-electron chi connectivity index (χ2n) is 11.8. The number of nitrogens with zero attached hydrogens (tertiary/aromatic N) is 2. The van der Waals surface area contributed by atoms with Crippen molar-refractivity contribution in [1.29, 1.82) is 0 Å². The van der Waals surface area contributed by atoms with Crippen LogP contribution in [0.3, 0.4) is 0 Å². The lowest BCUT2D eigenvalue weighted by Gasteiger charge is -2.36. The van der Waals surface area contributed by atoms with Gasteiger partial charge in [-0.25, -0.2) is 0 Å². The molecule has 0 aromatic heterocycles. The molecule has 44 heavy (non-hydrogen) atoms. The standard InChI is InChI=1S/C34H41N3O7/c1-4-6-12-27(39)35-21-22(3)43-33(42)28-26-15-16-34(44-26)29(28)31(40)37(18-9-19-38)30(34)32(41)36(17-5-2)25-14-13-23-10-7-8-11-24(23)20-25/h4-5,7-8,10-11,13-14,20,22,26,28-30,38H,1-2,6,9,12,15-19,21H2,3H3,(H,35,39)/t22-,26-,28+,29+,30-,34+/m0/s1. The number of aliphatic hydroxyl groups is 1. The Morgan fingerprint density at radius 1 is 1.20 bits per heavy atom. The monoisotopic (exact) mass is 603 g/mol. The van der Waals surface area contributed by atoms with Crippen LogP contribution in [0.1, 0.15) is 39.0 Å². The third kappa shape index (κ3) is 5.76. The number of hydrogen-bond acceptors (Lipinski definition) is 7. The Hall–Kier alpha value is -4.02. The molecular weight excluding hydrogens is 562 g/mol. The number of carbonyl (C=O) groups is 4. The van der Waals surface area contributed by atoms with Gasteiger partial charge in [0.2, 0.25) is 11.8 Å². The molecule has 3 aliphatic rings. The van der Waals surface area contributed by atoms with Crippen LogP contribution >= 0.6 is 0 Å². The summed E-state index contributed by atoms with van der Waals surface area (Å²) in [6.45, 7) is 9.49. The number of amides is 3. The van der Waals surface area contributed by atoms with Crippen LogP contribution in [0, 0.1) is 11.8 Å². The van der Waals surface area contributed by atoms with Crippen molar-refractivity contribution in [2.24, 2.45) is 11.8 Å². The second kappa shape index (κ2) is 13.3. The molecule has 3 fully saturated rings. The molecule has 0 unspecified atom stereocenters. The molecule has 3 heterocycles. The second-order valence-corrected chi connectivity index (χ2v) is 11.8. The van der Waals surface area contributed by atoms with E-state index in [0.29, 0.717) is 31.4 Å². The van der Waals surface area contributed by atoms with Gasteiger partial charge in [-0.3, -0.25) is 19.2 Å². The summed E-state index contributed by atoms with van der Waals surface area (Å²) in [7, 11) is 0. The van der Waals surface area contributed by atoms with Crippen molar-refractivity contribution in [1.82, 2.24) is 10.2 Å². The van der Waals surface area contributed by atoms with E-state index in [1.165, 1.54) is 4.90 Å². The van der Waals surface area contributed by atoms with Crippen LogP contribution < -0.4 is 10.2 Å².